The first-order valence-corrected chi connectivity index (χ1v) is 5.86. The highest BCUT2D eigenvalue weighted by Crippen LogP contribution is 2.22. The van der Waals surface area contributed by atoms with Gasteiger partial charge in [-0.05, 0) is 31.0 Å². The van der Waals surface area contributed by atoms with Crippen molar-refractivity contribution < 1.29 is 9.90 Å². The quantitative estimate of drug-likeness (QED) is 0.622. The van der Waals surface area contributed by atoms with Crippen molar-refractivity contribution in [1.82, 2.24) is 4.90 Å². The minimum atomic E-state index is -0.0889. The number of aromatic hydroxyl groups is 1. The van der Waals surface area contributed by atoms with Gasteiger partial charge in [0.1, 0.15) is 5.75 Å². The largest absolute Gasteiger partial charge is 0.506 e. The van der Waals surface area contributed by atoms with Gasteiger partial charge >= 0.3 is 0 Å². The van der Waals surface area contributed by atoms with Crippen LogP contribution in [0.2, 0.25) is 0 Å². The van der Waals surface area contributed by atoms with Gasteiger partial charge in [-0.15, -0.1) is 0 Å². The molecule has 0 radical (unpaired) electrons. The van der Waals surface area contributed by atoms with Gasteiger partial charge in [0.2, 0.25) is 0 Å². The molecule has 0 aromatic heterocycles. The molecule has 4 heteroatoms. The summed E-state index contributed by atoms with van der Waals surface area (Å²) in [7, 11) is 1.79. The summed E-state index contributed by atoms with van der Waals surface area (Å²) in [4.78, 5) is 13.9. The minimum absolute atomic E-state index is 0.0474. The van der Waals surface area contributed by atoms with Gasteiger partial charge in [-0.1, -0.05) is 13.8 Å². The third-order valence-corrected chi connectivity index (χ3v) is 3.09. The molecule has 0 atom stereocenters. The van der Waals surface area contributed by atoms with Crippen molar-refractivity contribution in [3.63, 3.8) is 0 Å². The number of hydrogen-bond acceptors (Lipinski definition) is 3. The standard InChI is InChI=1S/C13H20N2O2/c1-4-10(5-2)15(3)13(17)9-6-7-11(14)12(16)8-9/h6-8,10,16H,4-5,14H2,1-3H3. The molecule has 1 aromatic rings. The highest BCUT2D eigenvalue weighted by Gasteiger charge is 2.18. The molecule has 94 valence electrons. The SMILES string of the molecule is CCC(CC)N(C)C(=O)c1ccc(N)c(O)c1. The van der Waals surface area contributed by atoms with Crippen molar-refractivity contribution in [2.45, 2.75) is 32.7 Å². The molecule has 0 heterocycles. The zero-order valence-electron chi connectivity index (χ0n) is 10.6. The average molecular weight is 236 g/mol. The topological polar surface area (TPSA) is 66.6 Å². The number of phenolic OH excluding ortho intramolecular Hbond substituents is 1. The van der Waals surface area contributed by atoms with E-state index in [0.29, 0.717) is 5.56 Å². The molecule has 17 heavy (non-hydrogen) atoms. The Balaban J connectivity index is 2.92. The Bertz CT molecular complexity index is 400. The lowest BCUT2D eigenvalue weighted by atomic mass is 10.1. The first kappa shape index (κ1) is 13.4. The van der Waals surface area contributed by atoms with Crippen molar-refractivity contribution in [2.24, 2.45) is 0 Å². The van der Waals surface area contributed by atoms with E-state index in [1.54, 1.807) is 24.1 Å². The van der Waals surface area contributed by atoms with E-state index in [-0.39, 0.29) is 23.4 Å². The van der Waals surface area contributed by atoms with Crippen molar-refractivity contribution >= 4 is 11.6 Å². The van der Waals surface area contributed by atoms with Crippen LogP contribution in [0.15, 0.2) is 18.2 Å². The Morgan fingerprint density at radius 1 is 1.41 bits per heavy atom. The number of rotatable bonds is 4. The van der Waals surface area contributed by atoms with E-state index in [2.05, 4.69) is 13.8 Å². The molecule has 0 aliphatic rings. The third kappa shape index (κ3) is 2.90. The van der Waals surface area contributed by atoms with Crippen LogP contribution >= 0.6 is 0 Å². The second-order valence-electron chi connectivity index (χ2n) is 4.16. The molecular formula is C13H20N2O2. The summed E-state index contributed by atoms with van der Waals surface area (Å²) in [6.45, 7) is 4.11. The Morgan fingerprint density at radius 2 is 2.00 bits per heavy atom. The molecule has 0 fully saturated rings. The highest BCUT2D eigenvalue weighted by molar-refractivity contribution is 5.95. The van der Waals surface area contributed by atoms with Gasteiger partial charge in [0.15, 0.2) is 0 Å². The van der Waals surface area contributed by atoms with Gasteiger partial charge in [-0.2, -0.15) is 0 Å². The van der Waals surface area contributed by atoms with Crippen LogP contribution in [0.5, 0.6) is 5.75 Å². The molecule has 0 saturated carbocycles. The number of amides is 1. The van der Waals surface area contributed by atoms with Crippen LogP contribution < -0.4 is 5.73 Å². The molecule has 0 unspecified atom stereocenters. The van der Waals surface area contributed by atoms with Gasteiger partial charge in [0.05, 0.1) is 5.69 Å². The Labute approximate surface area is 102 Å². The van der Waals surface area contributed by atoms with Gasteiger partial charge < -0.3 is 15.7 Å². The van der Waals surface area contributed by atoms with E-state index in [1.807, 2.05) is 0 Å². The monoisotopic (exact) mass is 236 g/mol. The number of phenols is 1. The van der Waals surface area contributed by atoms with Crippen LogP contribution in [0.4, 0.5) is 5.69 Å². The van der Waals surface area contributed by atoms with Crippen molar-refractivity contribution in [1.29, 1.82) is 0 Å². The van der Waals surface area contributed by atoms with Crippen LogP contribution in [-0.2, 0) is 0 Å². The van der Waals surface area contributed by atoms with E-state index in [9.17, 15) is 9.90 Å². The first-order valence-electron chi connectivity index (χ1n) is 5.86. The van der Waals surface area contributed by atoms with Crippen LogP contribution in [-0.4, -0.2) is 29.0 Å². The number of anilines is 1. The molecule has 1 amide bonds. The fourth-order valence-corrected chi connectivity index (χ4v) is 1.88. The molecule has 0 aliphatic carbocycles. The van der Waals surface area contributed by atoms with Crippen LogP contribution in [0.25, 0.3) is 0 Å². The molecule has 1 rings (SSSR count). The zero-order valence-corrected chi connectivity index (χ0v) is 10.6. The minimum Gasteiger partial charge on any atom is -0.506 e. The maximum Gasteiger partial charge on any atom is 0.253 e. The van der Waals surface area contributed by atoms with E-state index in [1.165, 1.54) is 6.07 Å². The highest BCUT2D eigenvalue weighted by atomic mass is 16.3. The second-order valence-corrected chi connectivity index (χ2v) is 4.16. The smallest absolute Gasteiger partial charge is 0.253 e. The number of nitrogen functional groups attached to an aromatic ring is 1. The molecule has 4 nitrogen and oxygen atoms in total. The summed E-state index contributed by atoms with van der Waals surface area (Å²) in [5.41, 5.74) is 6.25. The summed E-state index contributed by atoms with van der Waals surface area (Å²) >= 11 is 0. The van der Waals surface area contributed by atoms with E-state index in [0.717, 1.165) is 12.8 Å². The number of carbonyl (C=O) groups is 1. The maximum absolute atomic E-state index is 12.1. The Morgan fingerprint density at radius 3 is 2.47 bits per heavy atom. The van der Waals surface area contributed by atoms with Gasteiger partial charge in [0.25, 0.3) is 5.91 Å². The number of benzene rings is 1. The third-order valence-electron chi connectivity index (χ3n) is 3.09. The summed E-state index contributed by atoms with van der Waals surface area (Å²) in [6.07, 6.45) is 1.83. The molecule has 0 aliphatic heterocycles. The molecule has 1 aromatic carbocycles. The number of nitrogens with two attached hydrogens (primary N) is 1. The fraction of sp³-hybridized carbons (Fsp3) is 0.462. The first-order chi connectivity index (χ1) is 8.01. The molecule has 3 N–H and O–H groups in total. The number of hydrogen-bond donors (Lipinski definition) is 2. The predicted molar refractivity (Wildman–Crippen MR) is 69.0 cm³/mol. The van der Waals surface area contributed by atoms with Gasteiger partial charge in [-0.3, -0.25) is 4.79 Å². The maximum atomic E-state index is 12.1. The molecule has 0 bridgehead atoms. The average Bonchev–Trinajstić information content (AvgIpc) is 2.33. The normalized spacial score (nSPS) is 10.6. The van der Waals surface area contributed by atoms with Crippen molar-refractivity contribution in [3.8, 4) is 5.75 Å². The molecule has 0 spiro atoms. The lowest BCUT2D eigenvalue weighted by Gasteiger charge is -2.26. The Kier molecular flexibility index (Phi) is 4.37. The lowest BCUT2D eigenvalue weighted by Crippen LogP contribution is -2.36. The van der Waals surface area contributed by atoms with Gasteiger partial charge in [-0.25, -0.2) is 0 Å². The van der Waals surface area contributed by atoms with Crippen molar-refractivity contribution in [3.05, 3.63) is 23.8 Å². The fourth-order valence-electron chi connectivity index (χ4n) is 1.88. The zero-order chi connectivity index (χ0) is 13.0. The number of nitrogens with zero attached hydrogens (tertiary/aromatic N) is 1. The van der Waals surface area contributed by atoms with Crippen molar-refractivity contribution in [2.75, 3.05) is 12.8 Å². The molecule has 0 saturated heterocycles. The Hall–Kier alpha value is -1.71. The predicted octanol–water partition coefficient (Wildman–Crippen LogP) is 2.24. The summed E-state index contributed by atoms with van der Waals surface area (Å²) < 4.78 is 0. The van der Waals surface area contributed by atoms with E-state index in [4.69, 9.17) is 5.73 Å². The molecular weight excluding hydrogens is 216 g/mol. The van der Waals surface area contributed by atoms with Crippen LogP contribution in [0.3, 0.4) is 0 Å². The van der Waals surface area contributed by atoms with Gasteiger partial charge in [0, 0.05) is 18.7 Å². The lowest BCUT2D eigenvalue weighted by molar-refractivity contribution is 0.0723. The number of carbonyl (C=O) groups excluding carboxylic acids is 1. The van der Waals surface area contributed by atoms with Crippen LogP contribution in [0.1, 0.15) is 37.0 Å². The van der Waals surface area contributed by atoms with E-state index >= 15 is 0 Å². The summed E-state index contributed by atoms with van der Waals surface area (Å²) in [6, 6.07) is 4.82. The van der Waals surface area contributed by atoms with E-state index < -0.39 is 0 Å². The second kappa shape index (κ2) is 5.57. The summed E-state index contributed by atoms with van der Waals surface area (Å²) in [5, 5.41) is 9.49. The van der Waals surface area contributed by atoms with Crippen LogP contribution in [0, 0.1) is 0 Å². The summed E-state index contributed by atoms with van der Waals surface area (Å²) in [5.74, 6) is -0.136.